The van der Waals surface area contributed by atoms with Crippen LogP contribution in [-0.2, 0) is 14.3 Å². The Labute approximate surface area is 476 Å². The summed E-state index contributed by atoms with van der Waals surface area (Å²) >= 11 is 0. The van der Waals surface area contributed by atoms with Crippen LogP contribution in [0.3, 0.4) is 0 Å². The molecule has 0 aliphatic rings. The average molecular weight is 1070 g/mol. The molecule has 6 nitrogen and oxygen atoms in total. The number of hydrogen-bond donors (Lipinski definition) is 3. The summed E-state index contributed by atoms with van der Waals surface area (Å²) in [6.07, 6.45) is 80.3. The molecule has 0 aromatic rings. The summed E-state index contributed by atoms with van der Waals surface area (Å²) in [6.45, 7) is 4.99. The Morgan fingerprint density at radius 2 is 0.539 bits per heavy atom. The quantitative estimate of drug-likeness (QED) is 0.0417. The first kappa shape index (κ1) is 74.9. The van der Waals surface area contributed by atoms with Gasteiger partial charge in [0.2, 0.25) is 5.91 Å². The molecule has 0 radical (unpaired) electrons. The van der Waals surface area contributed by atoms with Gasteiger partial charge >= 0.3 is 5.97 Å². The highest BCUT2D eigenvalue weighted by atomic mass is 16.5. The van der Waals surface area contributed by atoms with Crippen molar-refractivity contribution in [1.29, 1.82) is 0 Å². The van der Waals surface area contributed by atoms with E-state index in [0.717, 1.165) is 38.5 Å². The van der Waals surface area contributed by atoms with E-state index in [-0.39, 0.29) is 18.5 Å². The van der Waals surface area contributed by atoms with Gasteiger partial charge in [-0.25, -0.2) is 0 Å². The summed E-state index contributed by atoms with van der Waals surface area (Å²) in [4.78, 5) is 24.5. The first-order chi connectivity index (χ1) is 37.5. The third-order valence-electron chi connectivity index (χ3n) is 16.9. The molecule has 6 heteroatoms. The average Bonchev–Trinajstić information content (AvgIpc) is 3.42. The number of aliphatic hydroxyl groups excluding tert-OH is 2. The number of ether oxygens (including phenoxy) is 1. The molecule has 0 saturated carbocycles. The van der Waals surface area contributed by atoms with Crippen LogP contribution >= 0.6 is 0 Å². The number of amides is 1. The first-order valence-electron chi connectivity index (χ1n) is 35.3. The number of esters is 1. The normalized spacial score (nSPS) is 12.4. The fourth-order valence-corrected chi connectivity index (χ4v) is 11.5. The molecule has 0 rings (SSSR count). The number of aliphatic hydroxyl groups is 2. The second-order valence-corrected chi connectivity index (χ2v) is 24.6. The maximum atomic E-state index is 12.5. The van der Waals surface area contributed by atoms with Crippen LogP contribution in [0.15, 0.2) is 0 Å². The van der Waals surface area contributed by atoms with Gasteiger partial charge in [-0.05, 0) is 25.7 Å². The minimum atomic E-state index is -0.658. The van der Waals surface area contributed by atoms with Crippen molar-refractivity contribution >= 4 is 11.9 Å². The van der Waals surface area contributed by atoms with E-state index in [1.54, 1.807) is 0 Å². The summed E-state index contributed by atoms with van der Waals surface area (Å²) in [5.41, 5.74) is 0. The van der Waals surface area contributed by atoms with Crippen molar-refractivity contribution in [3.63, 3.8) is 0 Å². The lowest BCUT2D eigenvalue weighted by atomic mass is 10.0. The predicted octanol–water partition coefficient (Wildman–Crippen LogP) is 22.6. The predicted molar refractivity (Wildman–Crippen MR) is 334 cm³/mol. The molecule has 0 saturated heterocycles. The van der Waals surface area contributed by atoms with E-state index in [1.165, 1.54) is 340 Å². The Kier molecular flexibility index (Phi) is 65.4. The van der Waals surface area contributed by atoms with Gasteiger partial charge in [-0.1, -0.05) is 373 Å². The van der Waals surface area contributed by atoms with Gasteiger partial charge < -0.3 is 20.3 Å². The van der Waals surface area contributed by atoms with Crippen LogP contribution in [0, 0.1) is 0 Å². The molecule has 0 spiro atoms. The lowest BCUT2D eigenvalue weighted by Crippen LogP contribution is -2.45. The number of rotatable bonds is 67. The molecule has 0 bridgehead atoms. The van der Waals surface area contributed by atoms with Crippen LogP contribution in [0.25, 0.3) is 0 Å². The van der Waals surface area contributed by atoms with Crippen LogP contribution in [0.2, 0.25) is 0 Å². The molecular weight excluding hydrogens is 935 g/mol. The highest BCUT2D eigenvalue weighted by Gasteiger charge is 2.20. The minimum Gasteiger partial charge on any atom is -0.466 e. The summed E-state index contributed by atoms with van der Waals surface area (Å²) < 4.78 is 5.51. The van der Waals surface area contributed by atoms with Crippen molar-refractivity contribution in [1.82, 2.24) is 5.32 Å². The number of nitrogens with one attached hydrogen (secondary N) is 1. The molecule has 0 aromatic heterocycles. The van der Waals surface area contributed by atoms with Crippen LogP contribution < -0.4 is 5.32 Å². The molecule has 454 valence electrons. The van der Waals surface area contributed by atoms with E-state index >= 15 is 0 Å². The van der Waals surface area contributed by atoms with Gasteiger partial charge in [0.15, 0.2) is 0 Å². The molecule has 0 aromatic carbocycles. The zero-order valence-corrected chi connectivity index (χ0v) is 52.0. The molecule has 2 unspecified atom stereocenters. The third-order valence-corrected chi connectivity index (χ3v) is 16.9. The van der Waals surface area contributed by atoms with Crippen molar-refractivity contribution in [2.45, 2.75) is 424 Å². The molecule has 76 heavy (non-hydrogen) atoms. The van der Waals surface area contributed by atoms with Crippen LogP contribution in [0.5, 0.6) is 0 Å². The summed E-state index contributed by atoms with van der Waals surface area (Å²) in [5, 5.41) is 23.2. The Morgan fingerprint density at radius 3 is 0.803 bits per heavy atom. The number of hydrogen-bond acceptors (Lipinski definition) is 5. The van der Waals surface area contributed by atoms with E-state index < -0.39 is 12.1 Å². The van der Waals surface area contributed by atoms with E-state index in [4.69, 9.17) is 4.74 Å². The number of carbonyl (C=O) groups is 2. The first-order valence-corrected chi connectivity index (χ1v) is 35.3. The monoisotopic (exact) mass is 1070 g/mol. The van der Waals surface area contributed by atoms with Crippen LogP contribution in [0.4, 0.5) is 0 Å². The second-order valence-electron chi connectivity index (χ2n) is 24.6. The van der Waals surface area contributed by atoms with E-state index in [1.807, 2.05) is 0 Å². The molecule has 3 N–H and O–H groups in total. The fourth-order valence-electron chi connectivity index (χ4n) is 11.5. The van der Waals surface area contributed by atoms with Crippen LogP contribution in [0.1, 0.15) is 412 Å². The summed E-state index contributed by atoms with van der Waals surface area (Å²) in [7, 11) is 0. The molecular formula is C70H139NO5. The Bertz CT molecular complexity index is 1100. The van der Waals surface area contributed by atoms with Crippen molar-refractivity contribution < 1.29 is 24.5 Å². The van der Waals surface area contributed by atoms with Gasteiger partial charge in [0.05, 0.1) is 25.4 Å². The Hall–Kier alpha value is -1.14. The Morgan fingerprint density at radius 1 is 0.316 bits per heavy atom. The highest BCUT2D eigenvalue weighted by molar-refractivity contribution is 5.76. The maximum absolute atomic E-state index is 12.5. The molecule has 0 aliphatic carbocycles. The number of unbranched alkanes of at least 4 members (excludes halogenated alkanes) is 56. The smallest absolute Gasteiger partial charge is 0.305 e. The largest absolute Gasteiger partial charge is 0.466 e. The number of carbonyl (C=O) groups excluding carboxylic acids is 2. The lowest BCUT2D eigenvalue weighted by Gasteiger charge is -2.22. The highest BCUT2D eigenvalue weighted by Crippen LogP contribution is 2.20. The lowest BCUT2D eigenvalue weighted by molar-refractivity contribution is -0.143. The van der Waals surface area contributed by atoms with Gasteiger partial charge in [0.1, 0.15) is 0 Å². The minimum absolute atomic E-state index is 0.0257. The van der Waals surface area contributed by atoms with Gasteiger partial charge in [-0.3, -0.25) is 9.59 Å². The molecule has 1 amide bonds. The van der Waals surface area contributed by atoms with E-state index in [9.17, 15) is 19.8 Å². The standard InChI is InChI=1S/C70H139NO5/c1-3-5-7-9-11-13-15-16-17-37-40-44-48-52-56-60-64-70(75)76-65-61-57-53-49-45-41-38-35-33-31-29-27-25-23-21-19-18-20-22-24-26-28-30-32-34-36-39-43-47-51-55-59-63-69(74)71-67(66-72)68(73)62-58-54-50-46-42-14-12-10-8-6-4-2/h67-68,72-73H,3-66H2,1-2H3,(H,71,74). The van der Waals surface area contributed by atoms with Crippen molar-refractivity contribution in [2.24, 2.45) is 0 Å². The third kappa shape index (κ3) is 62.1. The van der Waals surface area contributed by atoms with Crippen molar-refractivity contribution in [3.05, 3.63) is 0 Å². The van der Waals surface area contributed by atoms with Gasteiger partial charge in [0.25, 0.3) is 0 Å². The summed E-state index contributed by atoms with van der Waals surface area (Å²) in [5.74, 6) is -0.00304. The second kappa shape index (κ2) is 66.4. The van der Waals surface area contributed by atoms with Crippen molar-refractivity contribution in [2.75, 3.05) is 13.2 Å². The zero-order valence-electron chi connectivity index (χ0n) is 52.0. The zero-order chi connectivity index (χ0) is 55.0. The van der Waals surface area contributed by atoms with Crippen LogP contribution in [-0.4, -0.2) is 47.4 Å². The van der Waals surface area contributed by atoms with Gasteiger partial charge in [0, 0.05) is 12.8 Å². The van der Waals surface area contributed by atoms with E-state index in [0.29, 0.717) is 25.9 Å². The van der Waals surface area contributed by atoms with Gasteiger partial charge in [-0.2, -0.15) is 0 Å². The molecule has 2 atom stereocenters. The van der Waals surface area contributed by atoms with Crippen molar-refractivity contribution in [3.8, 4) is 0 Å². The molecule has 0 fully saturated rings. The topological polar surface area (TPSA) is 95.9 Å². The Balaban J connectivity index is 3.28. The summed E-state index contributed by atoms with van der Waals surface area (Å²) in [6, 6.07) is -0.535. The molecule has 0 aliphatic heterocycles. The SMILES string of the molecule is CCCCCCCCCCCCCCCCCCC(=O)OCCCCCCCCCCCCCCCCCCCCCCCCCCCCCCCCCCC(=O)NC(CO)C(O)CCCCCCCCCCCCC. The van der Waals surface area contributed by atoms with Gasteiger partial charge in [-0.15, -0.1) is 0 Å². The maximum Gasteiger partial charge on any atom is 0.305 e. The van der Waals surface area contributed by atoms with E-state index in [2.05, 4.69) is 19.2 Å². The fraction of sp³-hybridized carbons (Fsp3) is 0.971. The molecule has 0 heterocycles.